The van der Waals surface area contributed by atoms with Gasteiger partial charge in [0.1, 0.15) is 0 Å². The second-order valence-corrected chi connectivity index (χ2v) is 6.55. The molecule has 1 heterocycles. The molecule has 0 amide bonds. The molecule has 1 fully saturated rings. The number of carboxylic acids is 1. The Labute approximate surface area is 135 Å². The first-order valence-electron chi connectivity index (χ1n) is 7.04. The molecule has 1 saturated heterocycles. The molecular formula is C15H17BrF3NO2. The van der Waals surface area contributed by atoms with Gasteiger partial charge < -0.3 is 10.4 Å². The molecule has 122 valence electrons. The minimum Gasteiger partial charge on any atom is -0.475 e. The summed E-state index contributed by atoms with van der Waals surface area (Å²) < 4.78 is 33.0. The molecule has 0 atom stereocenters. The number of carboxylic acid groups (broad SMARTS) is 1. The molecule has 1 aromatic carbocycles. The molecule has 0 aromatic heterocycles. The summed E-state index contributed by atoms with van der Waals surface area (Å²) in [6.07, 6.45) is 0.190. The van der Waals surface area contributed by atoms with E-state index in [1.165, 1.54) is 43.2 Å². The van der Waals surface area contributed by atoms with Crippen LogP contribution in [0.5, 0.6) is 0 Å². The van der Waals surface area contributed by atoms with Crippen LogP contribution in [-0.4, -0.2) is 30.3 Å². The number of carbonyl (C=O) groups is 1. The van der Waals surface area contributed by atoms with E-state index in [1.807, 2.05) is 0 Å². The number of hydrogen-bond acceptors (Lipinski definition) is 2. The quantitative estimate of drug-likeness (QED) is 0.723. The van der Waals surface area contributed by atoms with Crippen LogP contribution in [0.2, 0.25) is 0 Å². The van der Waals surface area contributed by atoms with Gasteiger partial charge in [0.05, 0.1) is 0 Å². The van der Waals surface area contributed by atoms with Crippen molar-refractivity contribution in [3.8, 4) is 0 Å². The number of halogens is 4. The highest BCUT2D eigenvalue weighted by Gasteiger charge is 2.39. The molecular weight excluding hydrogens is 363 g/mol. The van der Waals surface area contributed by atoms with Gasteiger partial charge in [-0.05, 0) is 67.4 Å². The van der Waals surface area contributed by atoms with Crippen molar-refractivity contribution < 1.29 is 23.1 Å². The Morgan fingerprint density at radius 1 is 1.23 bits per heavy atom. The van der Waals surface area contributed by atoms with E-state index in [4.69, 9.17) is 9.90 Å². The van der Waals surface area contributed by atoms with Crippen LogP contribution in [0.1, 0.15) is 30.4 Å². The average Bonchev–Trinajstić information content (AvgIpc) is 2.78. The summed E-state index contributed by atoms with van der Waals surface area (Å²) in [6.45, 7) is 2.37. The number of hydrogen-bond donors (Lipinski definition) is 2. The Kier molecular flexibility index (Phi) is 5.17. The maximum absolute atomic E-state index is 10.6. The van der Waals surface area contributed by atoms with Crippen LogP contribution in [0.25, 0.3) is 0 Å². The largest absolute Gasteiger partial charge is 0.490 e. The molecule has 0 bridgehead atoms. The number of nitrogens with one attached hydrogen (secondary N) is 1. The van der Waals surface area contributed by atoms with Crippen molar-refractivity contribution in [1.82, 2.24) is 5.32 Å². The fourth-order valence-electron chi connectivity index (χ4n) is 3.19. The lowest BCUT2D eigenvalue weighted by molar-refractivity contribution is -0.192. The molecule has 1 aromatic rings. The fraction of sp³-hybridized carbons (Fsp3) is 0.533. The number of piperidine rings is 1. The number of fused-ring (bicyclic) bond motifs is 2. The lowest BCUT2D eigenvalue weighted by Crippen LogP contribution is -2.38. The predicted molar refractivity (Wildman–Crippen MR) is 79.9 cm³/mol. The Bertz CT molecular complexity index is 549. The Hall–Kier alpha value is -1.08. The van der Waals surface area contributed by atoms with Gasteiger partial charge in [0.15, 0.2) is 0 Å². The molecule has 0 radical (unpaired) electrons. The van der Waals surface area contributed by atoms with Crippen molar-refractivity contribution in [1.29, 1.82) is 0 Å². The number of aryl methyl sites for hydroxylation is 1. The van der Waals surface area contributed by atoms with Crippen molar-refractivity contribution in [2.24, 2.45) is 0 Å². The number of rotatable bonds is 0. The van der Waals surface area contributed by atoms with Gasteiger partial charge in [-0.3, -0.25) is 0 Å². The molecule has 0 unspecified atom stereocenters. The van der Waals surface area contributed by atoms with E-state index < -0.39 is 12.1 Å². The van der Waals surface area contributed by atoms with Gasteiger partial charge >= 0.3 is 12.1 Å². The third kappa shape index (κ3) is 3.81. The summed E-state index contributed by atoms with van der Waals surface area (Å²) in [5, 5.41) is 10.6. The first-order valence-corrected chi connectivity index (χ1v) is 7.84. The zero-order valence-corrected chi connectivity index (χ0v) is 13.4. The minimum absolute atomic E-state index is 0.504. The van der Waals surface area contributed by atoms with Crippen LogP contribution in [-0.2, 0) is 16.6 Å². The topological polar surface area (TPSA) is 49.3 Å². The standard InChI is InChI=1S/C13H16BrN.C2HF3O2/c14-11-2-1-10-3-4-13(12(10)9-11)5-7-15-8-6-13;3-2(4,5)1(6)7/h1-2,9,15H,3-8H2;(H,6,7). The highest BCUT2D eigenvalue weighted by molar-refractivity contribution is 9.10. The Balaban J connectivity index is 0.000000217. The third-order valence-corrected chi connectivity index (χ3v) is 4.81. The smallest absolute Gasteiger partial charge is 0.475 e. The monoisotopic (exact) mass is 379 g/mol. The third-order valence-electron chi connectivity index (χ3n) is 4.32. The summed E-state index contributed by atoms with van der Waals surface area (Å²) in [5.41, 5.74) is 3.71. The molecule has 22 heavy (non-hydrogen) atoms. The summed E-state index contributed by atoms with van der Waals surface area (Å²) in [4.78, 5) is 8.90. The molecule has 1 aliphatic carbocycles. The van der Waals surface area contributed by atoms with Gasteiger partial charge in [-0.2, -0.15) is 13.2 Å². The number of alkyl halides is 3. The fourth-order valence-corrected chi connectivity index (χ4v) is 3.55. The predicted octanol–water partition coefficient (Wildman–Crippen LogP) is 3.65. The normalized spacial score (nSPS) is 19.3. The van der Waals surface area contributed by atoms with Gasteiger partial charge in [-0.15, -0.1) is 0 Å². The van der Waals surface area contributed by atoms with Crippen molar-refractivity contribution >= 4 is 21.9 Å². The molecule has 2 aliphatic rings. The number of benzene rings is 1. The first kappa shape index (κ1) is 17.3. The molecule has 1 aliphatic heterocycles. The summed E-state index contributed by atoms with van der Waals surface area (Å²) in [7, 11) is 0. The SMILES string of the molecule is Brc1ccc2c(c1)C1(CCNCC1)CC2.O=C(O)C(F)(F)F. The van der Waals surface area contributed by atoms with Crippen LogP contribution in [0.4, 0.5) is 13.2 Å². The van der Waals surface area contributed by atoms with E-state index >= 15 is 0 Å². The molecule has 1 spiro atoms. The van der Waals surface area contributed by atoms with Crippen LogP contribution < -0.4 is 5.32 Å². The maximum Gasteiger partial charge on any atom is 0.490 e. The highest BCUT2D eigenvalue weighted by Crippen LogP contribution is 2.45. The van der Waals surface area contributed by atoms with E-state index in [2.05, 4.69) is 39.4 Å². The van der Waals surface area contributed by atoms with Crippen molar-refractivity contribution in [3.05, 3.63) is 33.8 Å². The second kappa shape index (κ2) is 6.58. The van der Waals surface area contributed by atoms with Crippen molar-refractivity contribution in [2.75, 3.05) is 13.1 Å². The van der Waals surface area contributed by atoms with Gasteiger partial charge in [-0.25, -0.2) is 4.79 Å². The summed E-state index contributed by atoms with van der Waals surface area (Å²) in [6, 6.07) is 6.84. The van der Waals surface area contributed by atoms with E-state index in [0.717, 1.165) is 0 Å². The van der Waals surface area contributed by atoms with Gasteiger partial charge in [0.2, 0.25) is 0 Å². The Morgan fingerprint density at radius 2 is 1.82 bits per heavy atom. The van der Waals surface area contributed by atoms with E-state index in [9.17, 15) is 13.2 Å². The summed E-state index contributed by atoms with van der Waals surface area (Å²) >= 11 is 3.60. The first-order chi connectivity index (χ1) is 10.2. The lowest BCUT2D eigenvalue weighted by atomic mass is 9.74. The van der Waals surface area contributed by atoms with Gasteiger partial charge in [0, 0.05) is 4.47 Å². The number of aliphatic carboxylic acids is 1. The highest BCUT2D eigenvalue weighted by atomic mass is 79.9. The van der Waals surface area contributed by atoms with Crippen molar-refractivity contribution in [2.45, 2.75) is 37.3 Å². The lowest BCUT2D eigenvalue weighted by Gasteiger charge is -2.35. The van der Waals surface area contributed by atoms with Crippen LogP contribution >= 0.6 is 15.9 Å². The molecule has 3 rings (SSSR count). The summed E-state index contributed by atoms with van der Waals surface area (Å²) in [5.74, 6) is -2.76. The zero-order valence-electron chi connectivity index (χ0n) is 11.8. The van der Waals surface area contributed by atoms with Crippen molar-refractivity contribution in [3.63, 3.8) is 0 Å². The van der Waals surface area contributed by atoms with Crippen LogP contribution in [0, 0.1) is 0 Å². The minimum atomic E-state index is -5.08. The molecule has 7 heteroatoms. The van der Waals surface area contributed by atoms with Gasteiger partial charge in [0.25, 0.3) is 0 Å². The average molecular weight is 380 g/mol. The van der Waals surface area contributed by atoms with E-state index in [0.29, 0.717) is 5.41 Å². The molecule has 2 N–H and O–H groups in total. The zero-order chi connectivity index (χ0) is 16.4. The van der Waals surface area contributed by atoms with Crippen LogP contribution in [0.15, 0.2) is 22.7 Å². The van der Waals surface area contributed by atoms with E-state index in [1.54, 1.807) is 11.1 Å². The molecule has 3 nitrogen and oxygen atoms in total. The second-order valence-electron chi connectivity index (χ2n) is 5.63. The van der Waals surface area contributed by atoms with Crippen LogP contribution in [0.3, 0.4) is 0 Å². The van der Waals surface area contributed by atoms with E-state index in [-0.39, 0.29) is 0 Å². The molecule has 0 saturated carbocycles. The Morgan fingerprint density at radius 3 is 2.36 bits per heavy atom. The maximum atomic E-state index is 10.6. The van der Waals surface area contributed by atoms with Gasteiger partial charge in [-0.1, -0.05) is 22.0 Å².